The lowest BCUT2D eigenvalue weighted by Crippen LogP contribution is -1.91. The molecule has 0 N–H and O–H groups in total. The van der Waals surface area contributed by atoms with Gasteiger partial charge in [0.15, 0.2) is 0 Å². The number of hydrogen-bond acceptors (Lipinski definition) is 2. The van der Waals surface area contributed by atoms with E-state index in [1.807, 2.05) is 72.8 Å². The first-order valence-corrected chi connectivity index (χ1v) is 16.5. The summed E-state index contributed by atoms with van der Waals surface area (Å²) >= 11 is 0. The van der Waals surface area contributed by atoms with E-state index in [4.69, 9.17) is 22.5 Å². The summed E-state index contributed by atoms with van der Waals surface area (Å²) in [5, 5.41) is -0.0242. The van der Waals surface area contributed by atoms with Crippen molar-refractivity contribution in [2.75, 3.05) is 0 Å². The minimum atomic E-state index is -0.769. The molecular weight excluding hydrogens is 633 g/mol. The van der Waals surface area contributed by atoms with Crippen LogP contribution in [0.3, 0.4) is 0 Å². The minimum absolute atomic E-state index is 0.00863. The second kappa shape index (κ2) is 11.3. The molecule has 0 aliphatic rings. The van der Waals surface area contributed by atoms with Crippen molar-refractivity contribution in [2.24, 2.45) is 0 Å². The molecule has 0 fully saturated rings. The van der Waals surface area contributed by atoms with Crippen molar-refractivity contribution >= 4 is 65.2 Å². The van der Waals surface area contributed by atoms with E-state index in [0.29, 0.717) is 38.7 Å². The van der Waals surface area contributed by atoms with Crippen LogP contribution in [-0.4, -0.2) is 0 Å². The molecule has 0 radical (unpaired) electrons. The highest BCUT2D eigenvalue weighted by Crippen LogP contribution is 2.48. The quantitative estimate of drug-likeness (QED) is 0.173. The van der Waals surface area contributed by atoms with Crippen LogP contribution in [0, 0.1) is 0 Å². The van der Waals surface area contributed by atoms with Crippen molar-refractivity contribution in [1.29, 1.82) is 0 Å². The van der Waals surface area contributed by atoms with Crippen molar-refractivity contribution < 1.29 is 29.4 Å². The Morgan fingerprint density at radius 3 is 1.69 bits per heavy atom. The van der Waals surface area contributed by atoms with E-state index >= 15 is 0 Å². The second-order valence-corrected chi connectivity index (χ2v) is 12.4. The molecular formula is C50H30O2. The lowest BCUT2D eigenvalue weighted by molar-refractivity contribution is 0.631. The number of hydrogen-bond donors (Lipinski definition) is 0. The molecule has 2 heterocycles. The first-order chi connectivity index (χ1) is 32.0. The van der Waals surface area contributed by atoms with Gasteiger partial charge in [0.2, 0.25) is 0 Å². The molecule has 2 heteroatoms. The standard InChI is InChI=1S/C50H30O2/c1-3-15-32(16-4-1)46-48-44(52-49(46)33-17-5-2-6-18-33)29-27-41-42-30-34(26-28-43(42)51-50(41)48)45-37-21-9-11-23-39(37)47(40-24-12-10-22-38(40)45)36-25-13-19-31-14-7-8-20-35(31)36/h1-30H/i7D,8D,9D,10D,11D,12D,13D,14D,19D,20D,21D,22D,23D,24D,25D. The van der Waals surface area contributed by atoms with Gasteiger partial charge < -0.3 is 8.83 Å². The maximum absolute atomic E-state index is 9.49. The van der Waals surface area contributed by atoms with Gasteiger partial charge in [-0.05, 0) is 84.4 Å². The summed E-state index contributed by atoms with van der Waals surface area (Å²) in [6.07, 6.45) is 0. The van der Waals surface area contributed by atoms with Crippen LogP contribution in [0.25, 0.3) is 110 Å². The third-order valence-electron chi connectivity index (χ3n) is 9.61. The number of rotatable bonds is 4. The normalized spacial score (nSPS) is 15.9. The summed E-state index contributed by atoms with van der Waals surface area (Å²) in [4.78, 5) is 0. The third-order valence-corrected chi connectivity index (χ3v) is 9.61. The molecule has 11 aromatic rings. The number of benzene rings is 9. The average Bonchev–Trinajstić information content (AvgIpc) is 3.92. The van der Waals surface area contributed by atoms with E-state index in [1.165, 1.54) is 0 Å². The Balaban J connectivity index is 1.33. The molecule has 0 unspecified atom stereocenters. The van der Waals surface area contributed by atoms with Gasteiger partial charge in [-0.25, -0.2) is 0 Å². The molecule has 0 bridgehead atoms. The van der Waals surface area contributed by atoms with Gasteiger partial charge in [-0.1, -0.05) is 157 Å². The van der Waals surface area contributed by atoms with Crippen molar-refractivity contribution in [3.63, 3.8) is 0 Å². The summed E-state index contributed by atoms with van der Waals surface area (Å²) in [6.45, 7) is 0. The Morgan fingerprint density at radius 1 is 0.385 bits per heavy atom. The molecule has 0 atom stereocenters. The smallest absolute Gasteiger partial charge is 0.147 e. The average molecular weight is 678 g/mol. The van der Waals surface area contributed by atoms with Crippen LogP contribution < -0.4 is 0 Å². The maximum atomic E-state index is 9.49. The fraction of sp³-hybridized carbons (Fsp3) is 0. The monoisotopic (exact) mass is 677 g/mol. The molecule has 2 nitrogen and oxygen atoms in total. The molecule has 0 aliphatic carbocycles. The van der Waals surface area contributed by atoms with E-state index < -0.39 is 107 Å². The van der Waals surface area contributed by atoms with Gasteiger partial charge in [-0.15, -0.1) is 0 Å². The van der Waals surface area contributed by atoms with Gasteiger partial charge in [-0.3, -0.25) is 0 Å². The molecule has 0 saturated carbocycles. The zero-order valence-corrected chi connectivity index (χ0v) is 27.0. The van der Waals surface area contributed by atoms with E-state index in [9.17, 15) is 6.85 Å². The Kier molecular flexibility index (Phi) is 3.88. The van der Waals surface area contributed by atoms with Gasteiger partial charge >= 0.3 is 0 Å². The van der Waals surface area contributed by atoms with E-state index in [0.717, 1.165) is 16.7 Å². The Hall–Kier alpha value is -6.90. The Labute approximate surface area is 320 Å². The predicted molar refractivity (Wildman–Crippen MR) is 218 cm³/mol. The van der Waals surface area contributed by atoms with Gasteiger partial charge in [-0.2, -0.15) is 0 Å². The number of furan rings is 2. The van der Waals surface area contributed by atoms with Gasteiger partial charge in [0.25, 0.3) is 0 Å². The van der Waals surface area contributed by atoms with Crippen molar-refractivity contribution in [3.05, 3.63) is 182 Å². The Bertz CT molecular complexity index is 3940. The molecule has 2 aromatic heterocycles. The molecule has 0 saturated heterocycles. The van der Waals surface area contributed by atoms with E-state index in [1.54, 1.807) is 18.2 Å². The first-order valence-electron chi connectivity index (χ1n) is 24.0. The highest BCUT2D eigenvalue weighted by Gasteiger charge is 2.24. The summed E-state index contributed by atoms with van der Waals surface area (Å²) in [7, 11) is 0. The van der Waals surface area contributed by atoms with Crippen LogP contribution in [0.2, 0.25) is 0 Å². The van der Waals surface area contributed by atoms with Crippen LogP contribution in [-0.2, 0) is 0 Å². The summed E-state index contributed by atoms with van der Waals surface area (Å²) in [6, 6.07) is 17.7. The van der Waals surface area contributed by atoms with Crippen molar-refractivity contribution in [3.8, 4) is 44.7 Å². The molecule has 9 aromatic carbocycles. The van der Waals surface area contributed by atoms with Gasteiger partial charge in [0, 0.05) is 21.9 Å². The van der Waals surface area contributed by atoms with Gasteiger partial charge in [0.05, 0.1) is 25.9 Å². The lowest BCUT2D eigenvalue weighted by Gasteiger charge is -2.18. The number of fused-ring (bicyclic) bond motifs is 8. The fourth-order valence-electron chi connectivity index (χ4n) is 7.41. The SMILES string of the molecule is [2H]c1c([2H])c([2H])c2c(-c3c4c([2H])c([2H])c([2H])c([2H])c4c(-c4ccc5oc6c(ccc7oc(-c8ccccc8)c(-c8ccccc8)c76)c5c4)c4c([2H])c([2H])c([2H])c([2H])c34)c([2H])c([2H])c([2H])c2c1[2H]. The molecule has 52 heavy (non-hydrogen) atoms. The molecule has 242 valence electrons. The van der Waals surface area contributed by atoms with E-state index in [-0.39, 0.29) is 38.2 Å². The summed E-state index contributed by atoms with van der Waals surface area (Å²) in [5.74, 6) is 0.630. The van der Waals surface area contributed by atoms with Crippen LogP contribution in [0.1, 0.15) is 20.6 Å². The van der Waals surface area contributed by atoms with Crippen LogP contribution in [0.15, 0.2) is 190 Å². The first kappa shape index (κ1) is 17.8. The maximum Gasteiger partial charge on any atom is 0.147 e. The lowest BCUT2D eigenvalue weighted by atomic mass is 9.84. The van der Waals surface area contributed by atoms with Crippen molar-refractivity contribution in [2.45, 2.75) is 0 Å². The molecule has 11 rings (SSSR count). The molecule has 0 amide bonds. The fourth-order valence-corrected chi connectivity index (χ4v) is 7.41. The zero-order valence-electron chi connectivity index (χ0n) is 42.0. The third kappa shape index (κ3) is 4.25. The van der Waals surface area contributed by atoms with Crippen LogP contribution in [0.4, 0.5) is 0 Å². The second-order valence-electron chi connectivity index (χ2n) is 12.4. The summed E-state index contributed by atoms with van der Waals surface area (Å²) in [5.41, 5.74) is 3.44. The minimum Gasteiger partial charge on any atom is -0.455 e. The topological polar surface area (TPSA) is 26.3 Å². The largest absolute Gasteiger partial charge is 0.455 e. The zero-order chi connectivity index (χ0) is 47.2. The van der Waals surface area contributed by atoms with Crippen molar-refractivity contribution in [1.82, 2.24) is 0 Å². The molecule has 0 spiro atoms. The molecule has 0 aliphatic heterocycles. The van der Waals surface area contributed by atoms with Crippen LogP contribution in [0.5, 0.6) is 0 Å². The summed E-state index contributed by atoms with van der Waals surface area (Å²) < 4.78 is 149. The highest BCUT2D eigenvalue weighted by atomic mass is 16.3. The van der Waals surface area contributed by atoms with E-state index in [2.05, 4.69) is 0 Å². The predicted octanol–water partition coefficient (Wildman–Crippen LogP) is 14.5. The Morgan fingerprint density at radius 2 is 0.981 bits per heavy atom. The van der Waals surface area contributed by atoms with Crippen LogP contribution >= 0.6 is 0 Å². The van der Waals surface area contributed by atoms with Gasteiger partial charge in [0.1, 0.15) is 22.5 Å². The highest BCUT2D eigenvalue weighted by molar-refractivity contribution is 6.25.